The molecule has 0 spiro atoms. The van der Waals surface area contributed by atoms with E-state index in [1.54, 1.807) is 37.1 Å². The van der Waals surface area contributed by atoms with Gasteiger partial charge in [0.1, 0.15) is 17.8 Å². The molecule has 5 nitrogen and oxygen atoms in total. The van der Waals surface area contributed by atoms with Gasteiger partial charge in [0.2, 0.25) is 11.8 Å². The third-order valence-electron chi connectivity index (χ3n) is 3.78. The van der Waals surface area contributed by atoms with Crippen molar-refractivity contribution in [2.75, 3.05) is 7.11 Å². The van der Waals surface area contributed by atoms with Gasteiger partial charge < -0.3 is 15.0 Å². The molecule has 21 heavy (non-hydrogen) atoms. The van der Waals surface area contributed by atoms with Crippen molar-refractivity contribution in [1.29, 1.82) is 0 Å². The van der Waals surface area contributed by atoms with Crippen LogP contribution in [0.4, 0.5) is 0 Å². The lowest BCUT2D eigenvalue weighted by molar-refractivity contribution is -0.149. The van der Waals surface area contributed by atoms with Gasteiger partial charge in [-0.25, -0.2) is 0 Å². The number of carbonyl (C=O) groups excluding carboxylic acids is 2. The molecule has 2 amide bonds. The summed E-state index contributed by atoms with van der Waals surface area (Å²) in [5, 5.41) is 3.25. The van der Waals surface area contributed by atoms with Crippen molar-refractivity contribution in [2.45, 2.75) is 38.9 Å². The van der Waals surface area contributed by atoms with Crippen molar-refractivity contribution in [3.05, 3.63) is 28.8 Å². The largest absolute Gasteiger partial charge is 0.496 e. The van der Waals surface area contributed by atoms with Crippen LogP contribution < -0.4 is 10.1 Å². The molecule has 1 aliphatic rings. The number of ether oxygens (including phenoxy) is 1. The molecule has 2 atom stereocenters. The molecule has 0 saturated carbocycles. The fraction of sp³-hybridized carbons (Fsp3) is 0.467. The van der Waals surface area contributed by atoms with E-state index in [-0.39, 0.29) is 18.4 Å². The lowest BCUT2D eigenvalue weighted by atomic mass is 10.0. The van der Waals surface area contributed by atoms with Crippen LogP contribution >= 0.6 is 11.6 Å². The molecule has 1 fully saturated rings. The summed E-state index contributed by atoms with van der Waals surface area (Å²) in [4.78, 5) is 26.0. The number of nitrogens with one attached hydrogen (secondary N) is 1. The molecule has 0 bridgehead atoms. The van der Waals surface area contributed by atoms with Gasteiger partial charge >= 0.3 is 0 Å². The molecular formula is C15H19ClN2O3. The minimum atomic E-state index is -0.527. The number of carbonyl (C=O) groups is 2. The molecule has 1 N–H and O–H groups in total. The summed E-state index contributed by atoms with van der Waals surface area (Å²) in [6.07, 6.45) is 0.563. The summed E-state index contributed by atoms with van der Waals surface area (Å²) in [5.41, 5.74) is 0.714. The summed E-state index contributed by atoms with van der Waals surface area (Å²) in [6, 6.07) is 4.32. The van der Waals surface area contributed by atoms with Crippen LogP contribution in [0.2, 0.25) is 5.02 Å². The van der Waals surface area contributed by atoms with E-state index in [1.807, 2.05) is 6.92 Å². The average molecular weight is 311 g/mol. The predicted molar refractivity (Wildman–Crippen MR) is 80.2 cm³/mol. The van der Waals surface area contributed by atoms with Crippen molar-refractivity contribution in [1.82, 2.24) is 10.2 Å². The highest BCUT2D eigenvalue weighted by molar-refractivity contribution is 6.31. The van der Waals surface area contributed by atoms with Crippen molar-refractivity contribution in [3.63, 3.8) is 0 Å². The zero-order chi connectivity index (χ0) is 15.6. The second-order valence-corrected chi connectivity index (χ2v) is 5.44. The molecule has 114 valence electrons. The second kappa shape index (κ2) is 6.35. The number of hydrogen-bond acceptors (Lipinski definition) is 3. The number of methoxy groups -OCH3 is 1. The molecule has 2 rings (SSSR count). The highest BCUT2D eigenvalue weighted by atomic mass is 35.5. The maximum Gasteiger partial charge on any atom is 0.246 e. The Kier molecular flexibility index (Phi) is 4.73. The Hall–Kier alpha value is -1.75. The van der Waals surface area contributed by atoms with E-state index in [4.69, 9.17) is 16.3 Å². The van der Waals surface area contributed by atoms with Gasteiger partial charge in [-0.2, -0.15) is 0 Å². The maximum atomic E-state index is 12.5. The third kappa shape index (κ3) is 2.97. The van der Waals surface area contributed by atoms with Gasteiger partial charge in [-0.1, -0.05) is 24.6 Å². The summed E-state index contributed by atoms with van der Waals surface area (Å²) < 4.78 is 5.30. The van der Waals surface area contributed by atoms with Gasteiger partial charge in [-0.05, 0) is 25.5 Å². The highest BCUT2D eigenvalue weighted by Crippen LogP contribution is 2.29. The van der Waals surface area contributed by atoms with Crippen LogP contribution in [0.5, 0.6) is 5.75 Å². The molecule has 1 aromatic carbocycles. The Morgan fingerprint density at radius 1 is 1.38 bits per heavy atom. The van der Waals surface area contributed by atoms with Crippen LogP contribution in [0.25, 0.3) is 0 Å². The first-order chi connectivity index (χ1) is 9.99. The molecule has 0 aromatic heterocycles. The number of amides is 2. The topological polar surface area (TPSA) is 58.6 Å². The Balaban J connectivity index is 2.32. The number of halogens is 1. The standard InChI is InChI=1S/C15H19ClN2O3/c1-4-12-15(20)18(9(2)14(19)17-12)8-10-11(16)6-5-7-13(10)21-3/h5-7,9,12H,4,8H2,1-3H3,(H,17,19). The summed E-state index contributed by atoms with van der Waals surface area (Å²) in [7, 11) is 1.55. The first kappa shape index (κ1) is 15.6. The van der Waals surface area contributed by atoms with E-state index in [0.29, 0.717) is 22.8 Å². The van der Waals surface area contributed by atoms with Crippen LogP contribution in [0.15, 0.2) is 18.2 Å². The van der Waals surface area contributed by atoms with E-state index < -0.39 is 12.1 Å². The predicted octanol–water partition coefficient (Wildman–Crippen LogP) is 1.97. The molecule has 1 heterocycles. The first-order valence-electron chi connectivity index (χ1n) is 6.91. The third-order valence-corrected chi connectivity index (χ3v) is 4.13. The number of rotatable bonds is 4. The van der Waals surface area contributed by atoms with Crippen LogP contribution in [-0.2, 0) is 16.1 Å². The molecule has 1 saturated heterocycles. The lowest BCUT2D eigenvalue weighted by Crippen LogP contribution is -2.61. The Morgan fingerprint density at radius 3 is 2.71 bits per heavy atom. The SMILES string of the molecule is CCC1NC(=O)C(C)N(Cc2c(Cl)cccc2OC)C1=O. The Morgan fingerprint density at radius 2 is 2.10 bits per heavy atom. The van der Waals surface area contributed by atoms with Crippen LogP contribution in [0, 0.1) is 0 Å². The molecule has 1 aromatic rings. The number of piperazine rings is 1. The van der Waals surface area contributed by atoms with E-state index in [1.165, 1.54) is 0 Å². The molecule has 2 unspecified atom stereocenters. The average Bonchev–Trinajstić information content (AvgIpc) is 2.48. The molecule has 0 radical (unpaired) electrons. The number of nitrogens with zero attached hydrogens (tertiary/aromatic N) is 1. The van der Waals surface area contributed by atoms with Gasteiger partial charge in [0, 0.05) is 10.6 Å². The first-order valence-corrected chi connectivity index (χ1v) is 7.29. The zero-order valence-electron chi connectivity index (χ0n) is 12.4. The quantitative estimate of drug-likeness (QED) is 0.925. The van der Waals surface area contributed by atoms with Gasteiger partial charge in [0.15, 0.2) is 0 Å². The Bertz CT molecular complexity index is 562. The van der Waals surface area contributed by atoms with Gasteiger partial charge in [0.05, 0.1) is 13.7 Å². The lowest BCUT2D eigenvalue weighted by Gasteiger charge is -2.37. The van der Waals surface area contributed by atoms with Gasteiger partial charge in [0.25, 0.3) is 0 Å². The maximum absolute atomic E-state index is 12.5. The fourth-order valence-electron chi connectivity index (χ4n) is 2.43. The fourth-order valence-corrected chi connectivity index (χ4v) is 2.66. The highest BCUT2D eigenvalue weighted by Gasteiger charge is 2.37. The monoisotopic (exact) mass is 310 g/mol. The van der Waals surface area contributed by atoms with E-state index in [2.05, 4.69) is 5.32 Å². The molecule has 1 aliphatic heterocycles. The number of hydrogen-bond donors (Lipinski definition) is 1. The molecular weight excluding hydrogens is 292 g/mol. The van der Waals surface area contributed by atoms with E-state index in [0.717, 1.165) is 0 Å². The van der Waals surface area contributed by atoms with Crippen LogP contribution in [0.3, 0.4) is 0 Å². The van der Waals surface area contributed by atoms with Crippen LogP contribution in [-0.4, -0.2) is 35.9 Å². The molecule has 0 aliphatic carbocycles. The summed E-state index contributed by atoms with van der Waals surface area (Å²) in [5.74, 6) is 0.376. The second-order valence-electron chi connectivity index (χ2n) is 5.03. The van der Waals surface area contributed by atoms with E-state index >= 15 is 0 Å². The Labute approximate surface area is 129 Å². The summed E-state index contributed by atoms with van der Waals surface area (Å²) >= 11 is 6.21. The van der Waals surface area contributed by atoms with Crippen LogP contribution in [0.1, 0.15) is 25.8 Å². The normalized spacial score (nSPS) is 22.2. The smallest absolute Gasteiger partial charge is 0.246 e. The van der Waals surface area contributed by atoms with Crippen molar-refractivity contribution in [3.8, 4) is 5.75 Å². The minimum absolute atomic E-state index is 0.0911. The minimum Gasteiger partial charge on any atom is -0.496 e. The van der Waals surface area contributed by atoms with Crippen molar-refractivity contribution < 1.29 is 14.3 Å². The van der Waals surface area contributed by atoms with E-state index in [9.17, 15) is 9.59 Å². The zero-order valence-corrected chi connectivity index (χ0v) is 13.1. The van der Waals surface area contributed by atoms with Crippen molar-refractivity contribution >= 4 is 23.4 Å². The van der Waals surface area contributed by atoms with Gasteiger partial charge in [-0.15, -0.1) is 0 Å². The summed E-state index contributed by atoms with van der Waals surface area (Å²) in [6.45, 7) is 3.84. The molecule has 6 heteroatoms. The van der Waals surface area contributed by atoms with Gasteiger partial charge in [-0.3, -0.25) is 9.59 Å². The van der Waals surface area contributed by atoms with Crippen molar-refractivity contribution in [2.24, 2.45) is 0 Å². The number of benzene rings is 1.